The number of fused-ring (bicyclic) bond motifs is 2. The normalized spacial score (nSPS) is 16.5. The van der Waals surface area contributed by atoms with Crippen molar-refractivity contribution in [3.8, 4) is 0 Å². The number of nitrogens with two attached hydrogens (primary N) is 1. The van der Waals surface area contributed by atoms with Gasteiger partial charge in [-0.2, -0.15) is 4.98 Å². The topological polar surface area (TPSA) is 64.3 Å². The molecule has 2 heterocycles. The molecule has 2 aromatic carbocycles. The van der Waals surface area contributed by atoms with Gasteiger partial charge >= 0.3 is 0 Å². The highest BCUT2D eigenvalue weighted by Gasteiger charge is 2.24. The number of benzene rings is 2. The van der Waals surface area contributed by atoms with E-state index in [2.05, 4.69) is 22.1 Å². The van der Waals surface area contributed by atoms with Crippen LogP contribution < -0.4 is 10.6 Å². The third-order valence-electron chi connectivity index (χ3n) is 4.24. The first-order chi connectivity index (χ1) is 11.2. The Balaban J connectivity index is 1.62. The largest absolute Gasteiger partial charge is 0.383 e. The van der Waals surface area contributed by atoms with Gasteiger partial charge in [0.15, 0.2) is 0 Å². The second-order valence-electron chi connectivity index (χ2n) is 5.80. The second kappa shape index (κ2) is 5.52. The van der Waals surface area contributed by atoms with Gasteiger partial charge in [-0.25, -0.2) is 4.98 Å². The van der Waals surface area contributed by atoms with Crippen molar-refractivity contribution in [3.05, 3.63) is 59.7 Å². The molecule has 3 aromatic rings. The summed E-state index contributed by atoms with van der Waals surface area (Å²) in [5.41, 5.74) is 9.42. The van der Waals surface area contributed by atoms with Crippen molar-refractivity contribution in [3.63, 3.8) is 0 Å². The molecule has 0 radical (unpaired) electrons. The molecule has 5 heteroatoms. The van der Waals surface area contributed by atoms with Crippen LogP contribution in [0.2, 0.25) is 0 Å². The lowest BCUT2D eigenvalue weighted by molar-refractivity contribution is 0.0714. The summed E-state index contributed by atoms with van der Waals surface area (Å²) in [4.78, 5) is 11.0. The number of ether oxygens (including phenoxy) is 1. The Kier molecular flexibility index (Phi) is 3.35. The van der Waals surface area contributed by atoms with Gasteiger partial charge in [0.25, 0.3) is 0 Å². The van der Waals surface area contributed by atoms with Crippen LogP contribution in [0.4, 0.5) is 11.8 Å². The smallest absolute Gasteiger partial charge is 0.227 e. The van der Waals surface area contributed by atoms with E-state index < -0.39 is 0 Å². The summed E-state index contributed by atoms with van der Waals surface area (Å²) in [7, 11) is 1.97. The zero-order chi connectivity index (χ0) is 15.8. The van der Waals surface area contributed by atoms with Crippen LogP contribution in [0.3, 0.4) is 0 Å². The third-order valence-corrected chi connectivity index (χ3v) is 4.24. The Labute approximate surface area is 134 Å². The number of hydrogen-bond donors (Lipinski definition) is 1. The molecule has 116 valence electrons. The fourth-order valence-corrected chi connectivity index (χ4v) is 3.00. The second-order valence-corrected chi connectivity index (χ2v) is 5.80. The van der Waals surface area contributed by atoms with E-state index in [-0.39, 0.29) is 6.10 Å². The van der Waals surface area contributed by atoms with E-state index >= 15 is 0 Å². The summed E-state index contributed by atoms with van der Waals surface area (Å²) in [6, 6.07) is 16.1. The highest BCUT2D eigenvalue weighted by molar-refractivity contribution is 5.88. The molecule has 1 aromatic heterocycles. The quantitative estimate of drug-likeness (QED) is 0.806. The standard InChI is InChI=1S/C18H18N4O/c1-22(10-16-13-7-3-2-6-12(13)11-23-16)18-20-15-9-5-4-8-14(15)17(19)21-18/h2-9,16H,10-11H2,1H3,(H2,19,20,21). The van der Waals surface area contributed by atoms with Crippen molar-refractivity contribution in [2.75, 3.05) is 24.2 Å². The van der Waals surface area contributed by atoms with E-state index in [0.29, 0.717) is 24.9 Å². The van der Waals surface area contributed by atoms with Gasteiger partial charge in [-0.1, -0.05) is 36.4 Å². The predicted octanol–water partition coefficient (Wildman–Crippen LogP) is 2.92. The average Bonchev–Trinajstić information content (AvgIpc) is 2.98. The lowest BCUT2D eigenvalue weighted by Gasteiger charge is -2.22. The molecule has 1 aliphatic heterocycles. The molecule has 0 fully saturated rings. The van der Waals surface area contributed by atoms with Gasteiger partial charge in [-0.3, -0.25) is 0 Å². The number of rotatable bonds is 3. The van der Waals surface area contributed by atoms with Crippen LogP contribution in [0.5, 0.6) is 0 Å². The van der Waals surface area contributed by atoms with Gasteiger partial charge < -0.3 is 15.4 Å². The highest BCUT2D eigenvalue weighted by Crippen LogP contribution is 2.31. The van der Waals surface area contributed by atoms with Crippen molar-refractivity contribution in [1.82, 2.24) is 9.97 Å². The molecule has 2 N–H and O–H groups in total. The predicted molar refractivity (Wildman–Crippen MR) is 91.2 cm³/mol. The maximum atomic E-state index is 6.07. The van der Waals surface area contributed by atoms with E-state index in [1.54, 1.807) is 0 Å². The molecule has 0 bridgehead atoms. The minimum absolute atomic E-state index is 0.0347. The van der Waals surface area contributed by atoms with Gasteiger partial charge in [0.2, 0.25) is 5.95 Å². The number of para-hydroxylation sites is 1. The fourth-order valence-electron chi connectivity index (χ4n) is 3.00. The summed E-state index contributed by atoms with van der Waals surface area (Å²) in [5, 5.41) is 0.882. The first-order valence-electron chi connectivity index (χ1n) is 7.65. The Hall–Kier alpha value is -2.66. The molecule has 0 saturated heterocycles. The first-order valence-corrected chi connectivity index (χ1v) is 7.65. The molecule has 0 aliphatic carbocycles. The third kappa shape index (κ3) is 2.49. The molecular weight excluding hydrogens is 288 g/mol. The van der Waals surface area contributed by atoms with E-state index in [4.69, 9.17) is 10.5 Å². The van der Waals surface area contributed by atoms with Gasteiger partial charge in [0.05, 0.1) is 18.7 Å². The van der Waals surface area contributed by atoms with E-state index in [9.17, 15) is 0 Å². The lowest BCUT2D eigenvalue weighted by atomic mass is 10.1. The maximum absolute atomic E-state index is 6.07. The number of anilines is 2. The minimum Gasteiger partial charge on any atom is -0.383 e. The van der Waals surface area contributed by atoms with E-state index in [1.165, 1.54) is 11.1 Å². The summed E-state index contributed by atoms with van der Waals surface area (Å²) >= 11 is 0. The number of nitrogen functional groups attached to an aromatic ring is 1. The van der Waals surface area contributed by atoms with Crippen molar-refractivity contribution in [2.45, 2.75) is 12.7 Å². The molecule has 1 aliphatic rings. The van der Waals surface area contributed by atoms with E-state index in [0.717, 1.165) is 10.9 Å². The first kappa shape index (κ1) is 14.0. The molecule has 23 heavy (non-hydrogen) atoms. The molecule has 0 spiro atoms. The Bertz CT molecular complexity index is 865. The molecule has 4 rings (SSSR count). The molecule has 0 amide bonds. The van der Waals surface area contributed by atoms with Gasteiger partial charge in [0.1, 0.15) is 11.9 Å². The number of aromatic nitrogens is 2. The van der Waals surface area contributed by atoms with Crippen LogP contribution in [0.25, 0.3) is 10.9 Å². The van der Waals surface area contributed by atoms with Crippen molar-refractivity contribution in [2.24, 2.45) is 0 Å². The van der Waals surface area contributed by atoms with Crippen LogP contribution in [0.15, 0.2) is 48.5 Å². The van der Waals surface area contributed by atoms with Crippen LogP contribution in [0, 0.1) is 0 Å². The van der Waals surface area contributed by atoms with Crippen LogP contribution in [0.1, 0.15) is 17.2 Å². The Morgan fingerprint density at radius 2 is 1.91 bits per heavy atom. The molecular formula is C18H18N4O. The van der Waals surface area contributed by atoms with Crippen LogP contribution in [-0.4, -0.2) is 23.6 Å². The Morgan fingerprint density at radius 3 is 2.83 bits per heavy atom. The summed E-state index contributed by atoms with van der Waals surface area (Å²) in [6.45, 7) is 1.35. The van der Waals surface area contributed by atoms with E-state index in [1.807, 2.05) is 48.3 Å². The summed E-state index contributed by atoms with van der Waals surface area (Å²) in [5.74, 6) is 1.12. The SMILES string of the molecule is CN(CC1OCc2ccccc21)c1nc(N)c2ccccc2n1. The zero-order valence-electron chi connectivity index (χ0n) is 12.9. The number of hydrogen-bond acceptors (Lipinski definition) is 5. The molecule has 0 saturated carbocycles. The average molecular weight is 306 g/mol. The highest BCUT2D eigenvalue weighted by atomic mass is 16.5. The molecule has 1 unspecified atom stereocenters. The van der Waals surface area contributed by atoms with Crippen LogP contribution in [-0.2, 0) is 11.3 Å². The van der Waals surface area contributed by atoms with Crippen molar-refractivity contribution < 1.29 is 4.74 Å². The van der Waals surface area contributed by atoms with Crippen molar-refractivity contribution >= 4 is 22.7 Å². The fraction of sp³-hybridized carbons (Fsp3) is 0.222. The number of likely N-dealkylation sites (N-methyl/N-ethyl adjacent to an activating group) is 1. The van der Waals surface area contributed by atoms with Gasteiger partial charge in [-0.15, -0.1) is 0 Å². The Morgan fingerprint density at radius 1 is 1.13 bits per heavy atom. The number of nitrogens with zero attached hydrogens (tertiary/aromatic N) is 3. The zero-order valence-corrected chi connectivity index (χ0v) is 12.9. The summed E-state index contributed by atoms with van der Waals surface area (Å²) in [6.07, 6.45) is 0.0347. The monoisotopic (exact) mass is 306 g/mol. The molecule has 5 nitrogen and oxygen atoms in total. The summed E-state index contributed by atoms with van der Waals surface area (Å²) < 4.78 is 5.90. The van der Waals surface area contributed by atoms with Gasteiger partial charge in [-0.05, 0) is 23.3 Å². The lowest BCUT2D eigenvalue weighted by Crippen LogP contribution is -2.26. The maximum Gasteiger partial charge on any atom is 0.227 e. The molecule has 1 atom stereocenters. The minimum atomic E-state index is 0.0347. The van der Waals surface area contributed by atoms with Crippen molar-refractivity contribution in [1.29, 1.82) is 0 Å². The van der Waals surface area contributed by atoms with Gasteiger partial charge in [0, 0.05) is 12.4 Å². The van der Waals surface area contributed by atoms with Crippen LogP contribution >= 0.6 is 0 Å².